The number of amides is 1. The van der Waals surface area contributed by atoms with Gasteiger partial charge in [0.05, 0.1) is 0 Å². The third-order valence-corrected chi connectivity index (χ3v) is 1.96. The van der Waals surface area contributed by atoms with Crippen LogP contribution in [0.1, 0.15) is 23.8 Å². The molecule has 1 atom stereocenters. The number of aliphatic carboxylic acids is 1. The molecule has 1 amide bonds. The second kappa shape index (κ2) is 4.59. The van der Waals surface area contributed by atoms with Gasteiger partial charge in [0.15, 0.2) is 0 Å². The maximum Gasteiger partial charge on any atom is 0.326 e. The normalized spacial score (nSPS) is 12.1. The summed E-state index contributed by atoms with van der Waals surface area (Å²) in [4.78, 5) is 22.1. The molecule has 0 saturated carbocycles. The Bertz CT molecular complexity index is 372. The van der Waals surface area contributed by atoms with Crippen LogP contribution in [0, 0.1) is 0 Å². The Hall–Kier alpha value is -1.85. The molecule has 0 aliphatic rings. The quantitative estimate of drug-likeness (QED) is 0.735. The second-order valence-corrected chi connectivity index (χ2v) is 3.15. The minimum absolute atomic E-state index is 0.220. The summed E-state index contributed by atoms with van der Waals surface area (Å²) in [5.41, 5.74) is 0.220. The lowest BCUT2D eigenvalue weighted by molar-refractivity contribution is -0.139. The minimum Gasteiger partial charge on any atom is -0.480 e. The molecule has 0 bridgehead atoms. The van der Waals surface area contributed by atoms with Gasteiger partial charge in [-0.25, -0.2) is 4.79 Å². The summed E-state index contributed by atoms with van der Waals surface area (Å²) in [6, 6.07) is 0.670. The van der Waals surface area contributed by atoms with Gasteiger partial charge < -0.3 is 10.4 Å². The number of carbonyl (C=O) groups excluding carboxylic acids is 1. The molecular weight excluding hydrogens is 198 g/mol. The Kier molecular flexibility index (Phi) is 3.43. The molecule has 1 heterocycles. The molecule has 6 nitrogen and oxygen atoms in total. The van der Waals surface area contributed by atoms with Gasteiger partial charge in [-0.2, -0.15) is 5.10 Å². The molecule has 0 aromatic carbocycles. The van der Waals surface area contributed by atoms with E-state index < -0.39 is 17.9 Å². The van der Waals surface area contributed by atoms with Crippen molar-refractivity contribution in [2.24, 2.45) is 7.05 Å². The number of carboxylic acids is 1. The lowest BCUT2D eigenvalue weighted by Crippen LogP contribution is -2.40. The predicted molar refractivity (Wildman–Crippen MR) is 52.4 cm³/mol. The summed E-state index contributed by atoms with van der Waals surface area (Å²) in [5.74, 6) is -1.51. The van der Waals surface area contributed by atoms with Gasteiger partial charge >= 0.3 is 5.97 Å². The fourth-order valence-corrected chi connectivity index (χ4v) is 1.11. The average molecular weight is 211 g/mol. The van der Waals surface area contributed by atoms with Gasteiger partial charge in [-0.05, 0) is 12.5 Å². The highest BCUT2D eigenvalue weighted by Gasteiger charge is 2.19. The van der Waals surface area contributed by atoms with Crippen molar-refractivity contribution in [3.8, 4) is 0 Å². The Balaban J connectivity index is 2.66. The van der Waals surface area contributed by atoms with Crippen molar-refractivity contribution in [3.05, 3.63) is 18.0 Å². The van der Waals surface area contributed by atoms with E-state index in [1.807, 2.05) is 0 Å². The zero-order valence-corrected chi connectivity index (χ0v) is 8.60. The number of nitrogens with zero attached hydrogens (tertiary/aromatic N) is 2. The highest BCUT2D eigenvalue weighted by molar-refractivity contribution is 5.94. The maximum absolute atomic E-state index is 11.5. The predicted octanol–water partition coefficient (Wildman–Crippen LogP) is 0.0131. The first-order valence-corrected chi connectivity index (χ1v) is 4.58. The van der Waals surface area contributed by atoms with Crippen LogP contribution < -0.4 is 5.32 Å². The zero-order valence-electron chi connectivity index (χ0n) is 8.60. The average Bonchev–Trinajstić information content (AvgIpc) is 2.60. The summed E-state index contributed by atoms with van der Waals surface area (Å²) >= 11 is 0. The Morgan fingerprint density at radius 1 is 1.67 bits per heavy atom. The van der Waals surface area contributed by atoms with Crippen LogP contribution >= 0.6 is 0 Å². The van der Waals surface area contributed by atoms with E-state index >= 15 is 0 Å². The van der Waals surface area contributed by atoms with Crippen LogP contribution in [0.25, 0.3) is 0 Å². The fourth-order valence-electron chi connectivity index (χ4n) is 1.11. The zero-order chi connectivity index (χ0) is 11.4. The van der Waals surface area contributed by atoms with E-state index in [1.165, 1.54) is 10.7 Å². The Morgan fingerprint density at radius 2 is 2.33 bits per heavy atom. The topological polar surface area (TPSA) is 84.2 Å². The highest BCUT2D eigenvalue weighted by atomic mass is 16.4. The van der Waals surface area contributed by atoms with Crippen molar-refractivity contribution in [3.63, 3.8) is 0 Å². The first kappa shape index (κ1) is 11.2. The standard InChI is InChI=1S/C9H13N3O3/c1-3-6(9(14)15)10-8(13)7-4-5-12(2)11-7/h4-6H,3H2,1-2H3,(H,10,13)(H,14,15)/t6-/m1/s1. The Labute approximate surface area is 86.9 Å². The van der Waals surface area contributed by atoms with Gasteiger partial charge in [0.25, 0.3) is 5.91 Å². The van der Waals surface area contributed by atoms with Crippen molar-refractivity contribution in [1.29, 1.82) is 0 Å². The Morgan fingerprint density at radius 3 is 2.73 bits per heavy atom. The molecule has 82 valence electrons. The number of aryl methyl sites for hydroxylation is 1. The van der Waals surface area contributed by atoms with Crippen molar-refractivity contribution in [2.75, 3.05) is 0 Å². The van der Waals surface area contributed by atoms with E-state index in [2.05, 4.69) is 10.4 Å². The number of carbonyl (C=O) groups is 2. The van der Waals surface area contributed by atoms with Crippen LogP contribution in [0.3, 0.4) is 0 Å². The molecule has 0 saturated heterocycles. The SMILES string of the molecule is CC[C@@H](NC(=O)c1ccn(C)n1)C(=O)O. The van der Waals surface area contributed by atoms with E-state index in [0.29, 0.717) is 6.42 Å². The molecule has 0 aliphatic heterocycles. The number of hydrogen-bond acceptors (Lipinski definition) is 3. The number of aromatic nitrogens is 2. The molecule has 1 aromatic rings. The van der Waals surface area contributed by atoms with Crippen LogP contribution in [0.5, 0.6) is 0 Å². The van der Waals surface area contributed by atoms with Gasteiger partial charge in [-0.1, -0.05) is 6.92 Å². The summed E-state index contributed by atoms with van der Waals surface area (Å²) in [6.45, 7) is 1.69. The third kappa shape index (κ3) is 2.80. The molecule has 6 heteroatoms. The molecule has 0 aliphatic carbocycles. The molecule has 0 spiro atoms. The van der Waals surface area contributed by atoms with Gasteiger partial charge in [0, 0.05) is 13.2 Å². The van der Waals surface area contributed by atoms with E-state index in [9.17, 15) is 9.59 Å². The van der Waals surface area contributed by atoms with Crippen LogP contribution in [0.4, 0.5) is 0 Å². The molecule has 1 rings (SSSR count). The molecule has 1 aromatic heterocycles. The molecule has 2 N–H and O–H groups in total. The monoisotopic (exact) mass is 211 g/mol. The molecular formula is C9H13N3O3. The van der Waals surface area contributed by atoms with Crippen molar-refractivity contribution in [2.45, 2.75) is 19.4 Å². The summed E-state index contributed by atoms with van der Waals surface area (Å²) < 4.78 is 1.48. The lowest BCUT2D eigenvalue weighted by atomic mass is 10.2. The molecule has 15 heavy (non-hydrogen) atoms. The van der Waals surface area contributed by atoms with Gasteiger partial charge in [-0.15, -0.1) is 0 Å². The first-order chi connectivity index (χ1) is 7.04. The molecule has 0 fully saturated rings. The number of hydrogen-bond donors (Lipinski definition) is 2. The van der Waals surface area contributed by atoms with Gasteiger partial charge in [0.1, 0.15) is 11.7 Å². The largest absolute Gasteiger partial charge is 0.480 e. The third-order valence-electron chi connectivity index (χ3n) is 1.96. The van der Waals surface area contributed by atoms with Crippen molar-refractivity contribution in [1.82, 2.24) is 15.1 Å². The fraction of sp³-hybridized carbons (Fsp3) is 0.444. The number of carboxylic acid groups (broad SMARTS) is 1. The smallest absolute Gasteiger partial charge is 0.326 e. The summed E-state index contributed by atoms with van der Waals surface area (Å²) in [7, 11) is 1.69. The van der Waals surface area contributed by atoms with E-state index in [1.54, 1.807) is 20.2 Å². The lowest BCUT2D eigenvalue weighted by Gasteiger charge is -2.10. The first-order valence-electron chi connectivity index (χ1n) is 4.58. The maximum atomic E-state index is 11.5. The van der Waals surface area contributed by atoms with Crippen LogP contribution in [0.2, 0.25) is 0 Å². The number of rotatable bonds is 4. The van der Waals surface area contributed by atoms with Gasteiger partial charge in [-0.3, -0.25) is 9.48 Å². The number of nitrogens with one attached hydrogen (secondary N) is 1. The summed E-state index contributed by atoms with van der Waals surface area (Å²) in [6.07, 6.45) is 1.96. The van der Waals surface area contributed by atoms with Crippen LogP contribution in [0.15, 0.2) is 12.3 Å². The molecule has 0 unspecified atom stereocenters. The minimum atomic E-state index is -1.04. The van der Waals surface area contributed by atoms with Crippen molar-refractivity contribution < 1.29 is 14.7 Å². The highest BCUT2D eigenvalue weighted by Crippen LogP contribution is 1.97. The van der Waals surface area contributed by atoms with Crippen molar-refractivity contribution >= 4 is 11.9 Å². The van der Waals surface area contributed by atoms with Crippen LogP contribution in [-0.4, -0.2) is 32.8 Å². The van der Waals surface area contributed by atoms with Gasteiger partial charge in [0.2, 0.25) is 0 Å². The van der Waals surface area contributed by atoms with E-state index in [4.69, 9.17) is 5.11 Å². The summed E-state index contributed by atoms with van der Waals surface area (Å²) in [5, 5.41) is 15.0. The molecule has 0 radical (unpaired) electrons. The van der Waals surface area contributed by atoms with E-state index in [0.717, 1.165) is 0 Å². The second-order valence-electron chi connectivity index (χ2n) is 3.15. The van der Waals surface area contributed by atoms with E-state index in [-0.39, 0.29) is 5.69 Å². The van der Waals surface area contributed by atoms with Crippen LogP contribution in [-0.2, 0) is 11.8 Å².